The van der Waals surface area contributed by atoms with Crippen LogP contribution in [-0.4, -0.2) is 26.0 Å². The van der Waals surface area contributed by atoms with Crippen molar-refractivity contribution in [2.45, 2.75) is 20.3 Å². The zero-order valence-corrected chi connectivity index (χ0v) is 11.5. The Bertz CT molecular complexity index is 496. The Kier molecular flexibility index (Phi) is 5.03. The van der Waals surface area contributed by atoms with Crippen LogP contribution in [0.5, 0.6) is 5.75 Å². The van der Waals surface area contributed by atoms with E-state index in [-0.39, 0.29) is 17.5 Å². The van der Waals surface area contributed by atoms with Gasteiger partial charge in [0.05, 0.1) is 26.2 Å². The number of ether oxygens (including phenoxy) is 2. The molecule has 5 heteroatoms. The van der Waals surface area contributed by atoms with Gasteiger partial charge in [0.15, 0.2) is 5.78 Å². The lowest BCUT2D eigenvalue weighted by molar-refractivity contribution is -0.141. The Morgan fingerprint density at radius 2 is 1.95 bits per heavy atom. The smallest absolute Gasteiger partial charge is 0.306 e. The number of hydrogen-bond acceptors (Lipinski definition) is 4. The van der Waals surface area contributed by atoms with Gasteiger partial charge >= 0.3 is 5.97 Å². The van der Waals surface area contributed by atoms with Crippen molar-refractivity contribution in [3.8, 4) is 5.75 Å². The number of carbonyl (C=O) groups is 2. The average molecular weight is 268 g/mol. The molecule has 0 N–H and O–H groups in total. The SMILES string of the molecule is COC(=O)CC(C)C(=O)c1ccc(OC)c(C)c1F. The minimum atomic E-state index is -0.630. The van der Waals surface area contributed by atoms with E-state index in [2.05, 4.69) is 4.74 Å². The zero-order chi connectivity index (χ0) is 14.6. The molecule has 1 rings (SSSR count). The molecule has 1 aromatic rings. The molecule has 0 aliphatic rings. The van der Waals surface area contributed by atoms with E-state index >= 15 is 0 Å². The molecule has 4 nitrogen and oxygen atoms in total. The maximum atomic E-state index is 14.1. The lowest BCUT2D eigenvalue weighted by Crippen LogP contribution is -2.18. The highest BCUT2D eigenvalue weighted by molar-refractivity contribution is 5.99. The van der Waals surface area contributed by atoms with Crippen LogP contribution in [0, 0.1) is 18.7 Å². The maximum Gasteiger partial charge on any atom is 0.306 e. The lowest BCUT2D eigenvalue weighted by Gasteiger charge is -2.12. The summed E-state index contributed by atoms with van der Waals surface area (Å²) < 4.78 is 23.5. The van der Waals surface area contributed by atoms with Crippen molar-refractivity contribution in [3.05, 3.63) is 29.1 Å². The van der Waals surface area contributed by atoms with E-state index < -0.39 is 23.5 Å². The molecule has 0 fully saturated rings. The highest BCUT2D eigenvalue weighted by Crippen LogP contribution is 2.25. The van der Waals surface area contributed by atoms with Crippen LogP contribution < -0.4 is 4.74 Å². The summed E-state index contributed by atoms with van der Waals surface area (Å²) >= 11 is 0. The molecule has 0 amide bonds. The van der Waals surface area contributed by atoms with Crippen LogP contribution in [-0.2, 0) is 9.53 Å². The van der Waals surface area contributed by atoms with Crippen molar-refractivity contribution in [1.82, 2.24) is 0 Å². The Labute approximate surface area is 111 Å². The summed E-state index contributed by atoms with van der Waals surface area (Å²) in [6.07, 6.45) is -0.0696. The minimum absolute atomic E-state index is 0.0327. The Balaban J connectivity index is 3.00. The first-order valence-electron chi connectivity index (χ1n) is 5.86. The van der Waals surface area contributed by atoms with Gasteiger partial charge in [-0.25, -0.2) is 4.39 Å². The zero-order valence-electron chi connectivity index (χ0n) is 11.5. The number of benzene rings is 1. The molecule has 0 heterocycles. The summed E-state index contributed by atoms with van der Waals surface area (Å²) in [5.41, 5.74) is 0.244. The predicted molar refractivity (Wildman–Crippen MR) is 67.8 cm³/mol. The van der Waals surface area contributed by atoms with Gasteiger partial charge in [-0.3, -0.25) is 9.59 Å². The molecule has 0 saturated carbocycles. The largest absolute Gasteiger partial charge is 0.496 e. The van der Waals surface area contributed by atoms with Crippen LogP contribution in [0.1, 0.15) is 29.3 Å². The van der Waals surface area contributed by atoms with E-state index in [4.69, 9.17) is 4.74 Å². The number of Topliss-reactive ketones (excluding diaryl/α,β-unsaturated/α-hetero) is 1. The number of esters is 1. The molecule has 0 saturated heterocycles. The Morgan fingerprint density at radius 3 is 2.47 bits per heavy atom. The van der Waals surface area contributed by atoms with Crippen LogP contribution >= 0.6 is 0 Å². The average Bonchev–Trinajstić information content (AvgIpc) is 2.40. The molecule has 0 spiro atoms. The second kappa shape index (κ2) is 6.31. The molecular formula is C14H17FO4. The fourth-order valence-corrected chi connectivity index (χ4v) is 1.77. The normalized spacial score (nSPS) is 11.8. The topological polar surface area (TPSA) is 52.6 Å². The molecule has 104 valence electrons. The second-order valence-electron chi connectivity index (χ2n) is 4.30. The number of hydrogen-bond donors (Lipinski definition) is 0. The molecule has 0 bridgehead atoms. The van der Waals surface area contributed by atoms with E-state index in [1.807, 2.05) is 0 Å². The van der Waals surface area contributed by atoms with Crippen molar-refractivity contribution in [3.63, 3.8) is 0 Å². The number of halogens is 1. The monoisotopic (exact) mass is 268 g/mol. The summed E-state index contributed by atoms with van der Waals surface area (Å²) in [6, 6.07) is 2.91. The summed E-state index contributed by atoms with van der Waals surface area (Å²) in [5.74, 6) is -1.77. The van der Waals surface area contributed by atoms with Crippen LogP contribution in [0.3, 0.4) is 0 Å². The highest BCUT2D eigenvalue weighted by atomic mass is 19.1. The quantitative estimate of drug-likeness (QED) is 0.608. The third-order valence-electron chi connectivity index (χ3n) is 2.97. The van der Waals surface area contributed by atoms with Gasteiger partial charge in [-0.05, 0) is 19.1 Å². The summed E-state index contributed by atoms with van der Waals surface area (Å²) in [7, 11) is 2.68. The number of rotatable bonds is 5. The second-order valence-corrected chi connectivity index (χ2v) is 4.30. The molecule has 0 aliphatic carbocycles. The van der Waals surface area contributed by atoms with Gasteiger partial charge in [0.25, 0.3) is 0 Å². The molecular weight excluding hydrogens is 251 g/mol. The molecule has 1 aromatic carbocycles. The highest BCUT2D eigenvalue weighted by Gasteiger charge is 2.23. The maximum absolute atomic E-state index is 14.1. The van der Waals surface area contributed by atoms with E-state index in [1.165, 1.54) is 33.3 Å². The van der Waals surface area contributed by atoms with Gasteiger partial charge in [0.2, 0.25) is 0 Å². The fourth-order valence-electron chi connectivity index (χ4n) is 1.77. The van der Waals surface area contributed by atoms with Gasteiger partial charge in [-0.15, -0.1) is 0 Å². The third-order valence-corrected chi connectivity index (χ3v) is 2.97. The summed E-state index contributed by atoms with van der Waals surface area (Å²) in [4.78, 5) is 23.2. The van der Waals surface area contributed by atoms with Gasteiger partial charge in [-0.2, -0.15) is 0 Å². The minimum Gasteiger partial charge on any atom is -0.496 e. The van der Waals surface area contributed by atoms with Crippen LogP contribution in [0.25, 0.3) is 0 Å². The molecule has 0 aromatic heterocycles. The first-order chi connectivity index (χ1) is 8.92. The van der Waals surface area contributed by atoms with Crippen molar-refractivity contribution < 1.29 is 23.5 Å². The fraction of sp³-hybridized carbons (Fsp3) is 0.429. The Morgan fingerprint density at radius 1 is 1.32 bits per heavy atom. The van der Waals surface area contributed by atoms with E-state index in [1.54, 1.807) is 6.92 Å². The number of carbonyl (C=O) groups excluding carboxylic acids is 2. The van der Waals surface area contributed by atoms with Gasteiger partial charge in [0, 0.05) is 11.5 Å². The lowest BCUT2D eigenvalue weighted by atomic mass is 9.94. The van der Waals surface area contributed by atoms with Crippen LogP contribution in [0.4, 0.5) is 4.39 Å². The Hall–Kier alpha value is -1.91. The molecule has 0 aliphatic heterocycles. The van der Waals surface area contributed by atoms with Gasteiger partial charge in [0.1, 0.15) is 11.6 Å². The standard InChI is InChI=1S/C14H17FO4/c1-8(7-12(16)19-4)14(17)10-5-6-11(18-3)9(2)13(10)15/h5-6,8H,7H2,1-4H3. The molecule has 1 atom stereocenters. The molecule has 1 unspecified atom stereocenters. The van der Waals surface area contributed by atoms with E-state index in [0.717, 1.165) is 0 Å². The predicted octanol–water partition coefficient (Wildman–Crippen LogP) is 2.52. The van der Waals surface area contributed by atoms with Crippen molar-refractivity contribution in [2.24, 2.45) is 5.92 Å². The van der Waals surface area contributed by atoms with E-state index in [9.17, 15) is 14.0 Å². The molecule has 0 radical (unpaired) electrons. The number of methoxy groups -OCH3 is 2. The van der Waals surface area contributed by atoms with Crippen molar-refractivity contribution in [2.75, 3.05) is 14.2 Å². The summed E-state index contributed by atoms with van der Waals surface area (Å²) in [6.45, 7) is 3.11. The summed E-state index contributed by atoms with van der Waals surface area (Å²) in [5, 5.41) is 0. The van der Waals surface area contributed by atoms with Gasteiger partial charge < -0.3 is 9.47 Å². The van der Waals surface area contributed by atoms with Crippen LogP contribution in [0.2, 0.25) is 0 Å². The van der Waals surface area contributed by atoms with E-state index in [0.29, 0.717) is 5.75 Å². The first-order valence-corrected chi connectivity index (χ1v) is 5.86. The first kappa shape index (κ1) is 15.1. The third kappa shape index (κ3) is 3.30. The number of ketones is 1. The van der Waals surface area contributed by atoms with Crippen molar-refractivity contribution in [1.29, 1.82) is 0 Å². The van der Waals surface area contributed by atoms with Gasteiger partial charge in [-0.1, -0.05) is 6.92 Å². The van der Waals surface area contributed by atoms with Crippen LogP contribution in [0.15, 0.2) is 12.1 Å². The molecule has 19 heavy (non-hydrogen) atoms. The van der Waals surface area contributed by atoms with Crippen molar-refractivity contribution >= 4 is 11.8 Å².